The van der Waals surface area contributed by atoms with Crippen LogP contribution in [0.3, 0.4) is 0 Å². The predicted octanol–water partition coefficient (Wildman–Crippen LogP) is 4.10. The van der Waals surface area contributed by atoms with Crippen molar-refractivity contribution in [1.82, 2.24) is 4.98 Å². The number of aromatic amines is 1. The summed E-state index contributed by atoms with van der Waals surface area (Å²) in [6.07, 6.45) is 6.03. The SMILES string of the molecule is C=N/N=C(\SCNc1cccc(C=N)c1)c1ccc2cc(C(/C=C\N)=C/N)[nH]c2c1. The number of hydrogen-bond acceptors (Lipinski definition) is 7. The van der Waals surface area contributed by atoms with Gasteiger partial charge in [-0.05, 0) is 42.1 Å². The highest BCUT2D eigenvalue weighted by Gasteiger charge is 2.09. The van der Waals surface area contributed by atoms with Crippen molar-refractivity contribution in [1.29, 1.82) is 5.41 Å². The Morgan fingerprint density at radius 2 is 2.07 bits per heavy atom. The second-order valence-corrected chi connectivity index (χ2v) is 7.21. The molecule has 8 heteroatoms. The summed E-state index contributed by atoms with van der Waals surface area (Å²) in [6.45, 7) is 3.49. The molecule has 0 spiro atoms. The third-order valence-electron chi connectivity index (χ3n) is 4.34. The van der Waals surface area contributed by atoms with Crippen LogP contribution in [0, 0.1) is 5.41 Å². The summed E-state index contributed by atoms with van der Waals surface area (Å²) in [5.41, 5.74) is 16.5. The van der Waals surface area contributed by atoms with Crippen molar-refractivity contribution >= 4 is 51.9 Å². The van der Waals surface area contributed by atoms with Gasteiger partial charge in [-0.3, -0.25) is 0 Å². The van der Waals surface area contributed by atoms with E-state index in [1.54, 1.807) is 6.08 Å². The molecule has 152 valence electrons. The third-order valence-corrected chi connectivity index (χ3v) is 5.22. The smallest absolute Gasteiger partial charge is 0.128 e. The van der Waals surface area contributed by atoms with Crippen LogP contribution < -0.4 is 16.8 Å². The largest absolute Gasteiger partial charge is 0.405 e. The number of H-pyrrole nitrogens is 1. The highest BCUT2D eigenvalue weighted by Crippen LogP contribution is 2.25. The lowest BCUT2D eigenvalue weighted by molar-refractivity contribution is 1.27. The van der Waals surface area contributed by atoms with Crippen molar-refractivity contribution in [3.63, 3.8) is 0 Å². The number of nitrogens with two attached hydrogens (primary N) is 2. The van der Waals surface area contributed by atoms with Gasteiger partial charge in [-0.15, -0.1) is 5.10 Å². The van der Waals surface area contributed by atoms with Gasteiger partial charge in [0.2, 0.25) is 0 Å². The van der Waals surface area contributed by atoms with Gasteiger partial charge >= 0.3 is 0 Å². The second kappa shape index (κ2) is 10.1. The number of benzene rings is 2. The van der Waals surface area contributed by atoms with E-state index in [0.29, 0.717) is 5.88 Å². The maximum Gasteiger partial charge on any atom is 0.128 e. The number of thioether (sulfide) groups is 1. The number of anilines is 1. The Hall–Kier alpha value is -3.78. The van der Waals surface area contributed by atoms with Crippen molar-refractivity contribution in [2.75, 3.05) is 11.2 Å². The van der Waals surface area contributed by atoms with Crippen LogP contribution in [-0.2, 0) is 0 Å². The number of aromatic nitrogens is 1. The number of allylic oxidation sites excluding steroid dienone is 2. The molecule has 0 unspecified atom stereocenters. The summed E-state index contributed by atoms with van der Waals surface area (Å²) in [7, 11) is 0. The topological polar surface area (TPSA) is 128 Å². The standard InChI is InChI=1S/C22H23N7S/c1-26-29-22(30-14-27-19-4-2-3-15(9-19)12-24)17-6-5-16-10-21(28-20(16)11-17)18(13-25)7-8-23/h2-13,24,27-28H,1,14,23,25H2/b8-7-,18-13+,24-12?,29-22-. The van der Waals surface area contributed by atoms with E-state index in [-0.39, 0.29) is 0 Å². The van der Waals surface area contributed by atoms with Gasteiger partial charge < -0.3 is 27.2 Å². The zero-order chi connectivity index (χ0) is 21.3. The maximum atomic E-state index is 7.36. The van der Waals surface area contributed by atoms with Gasteiger partial charge in [-0.1, -0.05) is 36.0 Å². The van der Waals surface area contributed by atoms with Crippen molar-refractivity contribution in [3.05, 3.63) is 83.8 Å². The lowest BCUT2D eigenvalue weighted by atomic mass is 10.1. The molecule has 0 atom stereocenters. The van der Waals surface area contributed by atoms with Crippen LogP contribution in [0.1, 0.15) is 16.8 Å². The minimum absolute atomic E-state index is 0.588. The summed E-state index contributed by atoms with van der Waals surface area (Å²) in [5.74, 6) is 0.588. The van der Waals surface area contributed by atoms with E-state index >= 15 is 0 Å². The molecule has 0 saturated heterocycles. The lowest BCUT2D eigenvalue weighted by Crippen LogP contribution is -2.03. The average Bonchev–Trinajstić information content (AvgIpc) is 3.20. The first-order valence-electron chi connectivity index (χ1n) is 9.13. The minimum Gasteiger partial charge on any atom is -0.405 e. The summed E-state index contributed by atoms with van der Waals surface area (Å²) in [6, 6.07) is 15.7. The molecule has 0 aliphatic heterocycles. The number of nitrogens with zero attached hydrogens (tertiary/aromatic N) is 2. The highest BCUT2D eigenvalue weighted by molar-refractivity contribution is 8.14. The molecule has 1 heterocycles. The second-order valence-electron chi connectivity index (χ2n) is 6.25. The molecule has 1 aromatic heterocycles. The van der Waals surface area contributed by atoms with Crippen molar-refractivity contribution in [3.8, 4) is 0 Å². The first-order valence-corrected chi connectivity index (χ1v) is 10.1. The minimum atomic E-state index is 0.588. The normalized spacial score (nSPS) is 12.4. The average molecular weight is 418 g/mol. The highest BCUT2D eigenvalue weighted by atomic mass is 32.2. The van der Waals surface area contributed by atoms with Gasteiger partial charge in [0.1, 0.15) is 5.04 Å². The zero-order valence-corrected chi connectivity index (χ0v) is 17.1. The predicted molar refractivity (Wildman–Crippen MR) is 130 cm³/mol. The van der Waals surface area contributed by atoms with E-state index in [2.05, 4.69) is 27.2 Å². The van der Waals surface area contributed by atoms with E-state index in [1.807, 2.05) is 48.5 Å². The van der Waals surface area contributed by atoms with Crippen LogP contribution in [0.15, 0.2) is 77.2 Å². The van der Waals surface area contributed by atoms with Crippen LogP contribution in [0.5, 0.6) is 0 Å². The van der Waals surface area contributed by atoms with Crippen LogP contribution in [0.4, 0.5) is 5.69 Å². The van der Waals surface area contributed by atoms with E-state index in [4.69, 9.17) is 16.9 Å². The molecule has 3 rings (SSSR count). The molecule has 0 aliphatic rings. The van der Waals surface area contributed by atoms with E-state index < -0.39 is 0 Å². The maximum absolute atomic E-state index is 7.36. The Morgan fingerprint density at radius 1 is 1.20 bits per heavy atom. The molecule has 30 heavy (non-hydrogen) atoms. The molecule has 0 radical (unpaired) electrons. The van der Waals surface area contributed by atoms with Crippen molar-refractivity contribution in [2.45, 2.75) is 0 Å². The molecule has 7 N–H and O–H groups in total. The zero-order valence-electron chi connectivity index (χ0n) is 16.3. The third kappa shape index (κ3) is 4.98. The molecule has 2 aromatic carbocycles. The number of fused-ring (bicyclic) bond motifs is 1. The fraction of sp³-hybridized carbons (Fsp3) is 0.0455. The van der Waals surface area contributed by atoms with E-state index in [1.165, 1.54) is 30.4 Å². The molecule has 0 amide bonds. The number of rotatable bonds is 8. The summed E-state index contributed by atoms with van der Waals surface area (Å²) >= 11 is 1.52. The Bertz CT molecular complexity index is 1140. The molecule has 0 saturated carbocycles. The van der Waals surface area contributed by atoms with Gasteiger partial charge in [-0.25, -0.2) is 0 Å². The van der Waals surface area contributed by atoms with E-state index in [9.17, 15) is 0 Å². The first kappa shape index (κ1) is 20.9. The molecule has 3 aromatic rings. The Morgan fingerprint density at radius 3 is 2.80 bits per heavy atom. The molecule has 7 nitrogen and oxygen atoms in total. The van der Waals surface area contributed by atoms with Gasteiger partial charge in [0.15, 0.2) is 0 Å². The van der Waals surface area contributed by atoms with Crippen molar-refractivity contribution in [2.24, 2.45) is 21.7 Å². The van der Waals surface area contributed by atoms with E-state index in [0.717, 1.165) is 44.0 Å². The Labute approximate surface area is 179 Å². The monoisotopic (exact) mass is 417 g/mol. The first-order chi connectivity index (χ1) is 14.7. The van der Waals surface area contributed by atoms with Gasteiger partial charge in [0.05, 0.1) is 5.88 Å². The quantitative estimate of drug-likeness (QED) is 0.124. The fourth-order valence-corrected chi connectivity index (χ4v) is 3.70. The number of nitrogens with one attached hydrogen (secondary N) is 3. The Kier molecular flexibility index (Phi) is 7.07. The van der Waals surface area contributed by atoms with Gasteiger partial charge in [0.25, 0.3) is 0 Å². The summed E-state index contributed by atoms with van der Waals surface area (Å²) in [4.78, 5) is 3.36. The molecule has 0 aliphatic carbocycles. The summed E-state index contributed by atoms with van der Waals surface area (Å²) < 4.78 is 0. The van der Waals surface area contributed by atoms with Crippen LogP contribution in [-0.4, -0.2) is 28.8 Å². The Balaban J connectivity index is 1.78. The molecular weight excluding hydrogens is 394 g/mol. The van der Waals surface area contributed by atoms with Gasteiger partial charge in [-0.2, -0.15) is 5.10 Å². The lowest BCUT2D eigenvalue weighted by Gasteiger charge is -2.08. The fourth-order valence-electron chi connectivity index (χ4n) is 2.91. The van der Waals surface area contributed by atoms with Crippen LogP contribution >= 0.6 is 11.8 Å². The van der Waals surface area contributed by atoms with Crippen LogP contribution in [0.25, 0.3) is 16.5 Å². The molecule has 0 fully saturated rings. The number of hydrogen-bond donors (Lipinski definition) is 5. The molecule has 0 bridgehead atoms. The van der Waals surface area contributed by atoms with Gasteiger partial charge in [0, 0.05) is 52.6 Å². The van der Waals surface area contributed by atoms with Crippen molar-refractivity contribution < 1.29 is 0 Å². The molecular formula is C22H23N7S. The summed E-state index contributed by atoms with van der Waals surface area (Å²) in [5, 5.41) is 20.4. The van der Waals surface area contributed by atoms with Crippen LogP contribution in [0.2, 0.25) is 0 Å².